The first-order valence-corrected chi connectivity index (χ1v) is 7.71. The van der Waals surface area contributed by atoms with Crippen molar-refractivity contribution in [2.75, 3.05) is 20.3 Å². The standard InChI is InChI=1S/C16H20BF2N3O2/c1-15(2)8-22-9-20-13(7-14(22)21(15)3)24-16(17,23)10-4-11(18)6-12(19)5-10/h4-7,23H,8-9,17H2,1-3H3. The van der Waals surface area contributed by atoms with E-state index in [2.05, 4.69) is 28.6 Å². The Morgan fingerprint density at radius 1 is 1.29 bits per heavy atom. The van der Waals surface area contributed by atoms with Gasteiger partial charge in [0.05, 0.1) is 5.54 Å². The molecule has 1 saturated heterocycles. The molecule has 8 heteroatoms. The minimum Gasteiger partial charge on any atom is -0.450 e. The molecule has 2 aliphatic rings. The molecule has 1 aromatic carbocycles. The van der Waals surface area contributed by atoms with Crippen LogP contribution in [0.1, 0.15) is 19.4 Å². The van der Waals surface area contributed by atoms with E-state index in [0.29, 0.717) is 6.67 Å². The molecule has 2 heterocycles. The van der Waals surface area contributed by atoms with Crippen molar-refractivity contribution in [1.82, 2.24) is 9.80 Å². The van der Waals surface area contributed by atoms with Gasteiger partial charge in [-0.25, -0.2) is 13.8 Å². The number of likely N-dealkylation sites (N-methyl/N-ethyl adjacent to an activating group) is 1. The molecule has 128 valence electrons. The molecule has 1 atom stereocenters. The van der Waals surface area contributed by atoms with Crippen LogP contribution in [0.4, 0.5) is 8.78 Å². The second-order valence-corrected chi connectivity index (χ2v) is 6.95. The van der Waals surface area contributed by atoms with Crippen molar-refractivity contribution < 1.29 is 18.6 Å². The summed E-state index contributed by atoms with van der Waals surface area (Å²) in [7, 11) is 3.31. The Kier molecular flexibility index (Phi) is 3.83. The summed E-state index contributed by atoms with van der Waals surface area (Å²) in [6, 6.07) is 2.82. The maximum atomic E-state index is 13.4. The number of ether oxygens (including phenoxy) is 1. The third-order valence-electron chi connectivity index (χ3n) is 4.50. The van der Waals surface area contributed by atoms with Crippen molar-refractivity contribution in [1.29, 1.82) is 0 Å². The first-order valence-electron chi connectivity index (χ1n) is 7.71. The number of hydrogen-bond donors (Lipinski definition) is 1. The fraction of sp³-hybridized carbons (Fsp3) is 0.438. The molecule has 2 aliphatic heterocycles. The number of hydrogen-bond acceptors (Lipinski definition) is 5. The van der Waals surface area contributed by atoms with E-state index in [-0.39, 0.29) is 17.0 Å². The van der Waals surface area contributed by atoms with Crippen LogP contribution in [0.25, 0.3) is 0 Å². The molecular weight excluding hydrogens is 315 g/mol. The van der Waals surface area contributed by atoms with Crippen LogP contribution in [-0.4, -0.2) is 54.5 Å². The number of aliphatic hydroxyl groups is 1. The van der Waals surface area contributed by atoms with Gasteiger partial charge in [0.2, 0.25) is 13.7 Å². The topological polar surface area (TPSA) is 48.3 Å². The third-order valence-corrected chi connectivity index (χ3v) is 4.50. The minimum atomic E-state index is -1.90. The summed E-state index contributed by atoms with van der Waals surface area (Å²) in [4.78, 5) is 8.51. The second-order valence-electron chi connectivity index (χ2n) is 6.95. The molecule has 3 rings (SSSR count). The zero-order valence-electron chi connectivity index (χ0n) is 14.2. The Hall–Kier alpha value is -2.09. The van der Waals surface area contributed by atoms with Crippen LogP contribution in [0.5, 0.6) is 0 Å². The number of aliphatic imine (C=N–C) groups is 1. The SMILES string of the molecule is BC(O)(OC1=NCN2CC(C)(C)N(C)C2=C1)c1cc(F)cc(F)c1. The maximum Gasteiger partial charge on any atom is 0.216 e. The van der Waals surface area contributed by atoms with Gasteiger partial charge in [-0.15, -0.1) is 0 Å². The molecule has 1 fully saturated rings. The van der Waals surface area contributed by atoms with E-state index in [1.54, 1.807) is 6.08 Å². The Balaban J connectivity index is 1.83. The average Bonchev–Trinajstić information content (AvgIpc) is 2.68. The molecule has 0 bridgehead atoms. The summed E-state index contributed by atoms with van der Waals surface area (Å²) >= 11 is 0. The summed E-state index contributed by atoms with van der Waals surface area (Å²) in [6.07, 6.45) is 1.72. The van der Waals surface area contributed by atoms with Gasteiger partial charge in [-0.3, -0.25) is 0 Å². The number of rotatable bonds is 2. The monoisotopic (exact) mass is 335 g/mol. The molecule has 0 radical (unpaired) electrons. The van der Waals surface area contributed by atoms with E-state index in [1.165, 1.54) is 7.85 Å². The summed E-state index contributed by atoms with van der Waals surface area (Å²) in [5.74, 6) is -0.394. The van der Waals surface area contributed by atoms with Crippen LogP contribution >= 0.6 is 0 Å². The largest absolute Gasteiger partial charge is 0.450 e. The predicted octanol–water partition coefficient (Wildman–Crippen LogP) is 0.954. The quantitative estimate of drug-likeness (QED) is 0.646. The molecule has 0 aromatic heterocycles. The van der Waals surface area contributed by atoms with Crippen LogP contribution in [0.2, 0.25) is 0 Å². The molecular formula is C16H20BF2N3O2. The van der Waals surface area contributed by atoms with E-state index < -0.39 is 17.3 Å². The lowest BCUT2D eigenvalue weighted by atomic mass is 9.87. The zero-order valence-corrected chi connectivity index (χ0v) is 14.2. The molecule has 24 heavy (non-hydrogen) atoms. The van der Waals surface area contributed by atoms with Gasteiger partial charge in [-0.1, -0.05) is 0 Å². The number of benzene rings is 1. The summed E-state index contributed by atoms with van der Waals surface area (Å²) in [5.41, 5.74) is -1.94. The van der Waals surface area contributed by atoms with Crippen LogP contribution < -0.4 is 0 Å². The van der Waals surface area contributed by atoms with Crippen LogP contribution in [0.3, 0.4) is 0 Å². The average molecular weight is 335 g/mol. The fourth-order valence-corrected chi connectivity index (χ4v) is 2.94. The van der Waals surface area contributed by atoms with Crippen molar-refractivity contribution in [3.63, 3.8) is 0 Å². The van der Waals surface area contributed by atoms with Crippen molar-refractivity contribution in [2.24, 2.45) is 4.99 Å². The lowest BCUT2D eigenvalue weighted by molar-refractivity contribution is -0.0782. The highest BCUT2D eigenvalue weighted by Gasteiger charge is 2.39. The summed E-state index contributed by atoms with van der Waals surface area (Å²) in [6.45, 7) is 5.48. The Morgan fingerprint density at radius 3 is 2.54 bits per heavy atom. The van der Waals surface area contributed by atoms with Crippen LogP contribution in [-0.2, 0) is 10.4 Å². The van der Waals surface area contributed by atoms with Gasteiger partial charge in [0, 0.05) is 31.3 Å². The van der Waals surface area contributed by atoms with Gasteiger partial charge in [-0.2, -0.15) is 0 Å². The normalized spacial score (nSPS) is 21.8. The highest BCUT2D eigenvalue weighted by atomic mass is 19.1. The maximum absolute atomic E-state index is 13.4. The van der Waals surface area contributed by atoms with Gasteiger partial charge < -0.3 is 19.6 Å². The lowest BCUT2D eigenvalue weighted by Gasteiger charge is -2.31. The van der Waals surface area contributed by atoms with Gasteiger partial charge in [-0.05, 0) is 26.0 Å². The van der Waals surface area contributed by atoms with Crippen molar-refractivity contribution >= 4 is 13.7 Å². The van der Waals surface area contributed by atoms with Gasteiger partial charge in [0.25, 0.3) is 0 Å². The van der Waals surface area contributed by atoms with Crippen LogP contribution in [0.15, 0.2) is 35.1 Å². The van der Waals surface area contributed by atoms with E-state index >= 15 is 0 Å². The van der Waals surface area contributed by atoms with E-state index in [0.717, 1.165) is 30.6 Å². The highest BCUT2D eigenvalue weighted by Crippen LogP contribution is 2.32. The van der Waals surface area contributed by atoms with Gasteiger partial charge in [0.15, 0.2) is 5.69 Å². The Morgan fingerprint density at radius 2 is 1.92 bits per heavy atom. The molecule has 0 aliphatic carbocycles. The fourth-order valence-electron chi connectivity index (χ4n) is 2.94. The highest BCUT2D eigenvalue weighted by molar-refractivity contribution is 6.14. The molecule has 0 spiro atoms. The number of halogens is 2. The smallest absolute Gasteiger partial charge is 0.216 e. The van der Waals surface area contributed by atoms with E-state index in [1.807, 2.05) is 7.05 Å². The predicted molar refractivity (Wildman–Crippen MR) is 88.8 cm³/mol. The number of nitrogens with zero attached hydrogens (tertiary/aromatic N) is 3. The first-order chi connectivity index (χ1) is 11.1. The van der Waals surface area contributed by atoms with Crippen molar-refractivity contribution in [2.45, 2.75) is 25.1 Å². The Bertz CT molecular complexity index is 714. The molecule has 0 amide bonds. The number of fused-ring (bicyclic) bond motifs is 1. The molecule has 1 unspecified atom stereocenters. The molecule has 1 N–H and O–H groups in total. The summed E-state index contributed by atoms with van der Waals surface area (Å²) < 4.78 is 32.3. The van der Waals surface area contributed by atoms with E-state index in [9.17, 15) is 13.9 Å². The first kappa shape index (κ1) is 16.8. The lowest BCUT2D eigenvalue weighted by Crippen LogP contribution is -2.36. The Labute approximate surface area is 140 Å². The minimum absolute atomic E-state index is 0.0105. The van der Waals surface area contributed by atoms with Gasteiger partial charge in [0.1, 0.15) is 24.1 Å². The van der Waals surface area contributed by atoms with Gasteiger partial charge >= 0.3 is 0 Å². The third kappa shape index (κ3) is 2.98. The molecule has 0 saturated carbocycles. The molecule has 5 nitrogen and oxygen atoms in total. The second kappa shape index (κ2) is 5.48. The zero-order chi connectivity index (χ0) is 17.7. The summed E-state index contributed by atoms with van der Waals surface area (Å²) in [5, 5.41) is 10.5. The van der Waals surface area contributed by atoms with E-state index in [4.69, 9.17) is 4.74 Å². The van der Waals surface area contributed by atoms with Crippen molar-refractivity contribution in [3.8, 4) is 0 Å². The molecule has 1 aromatic rings. The van der Waals surface area contributed by atoms with Crippen molar-refractivity contribution in [3.05, 3.63) is 47.3 Å². The van der Waals surface area contributed by atoms with Crippen LogP contribution in [0, 0.1) is 11.6 Å².